The van der Waals surface area contributed by atoms with E-state index in [1.807, 2.05) is 6.07 Å². The summed E-state index contributed by atoms with van der Waals surface area (Å²) in [5, 5.41) is 12.6. The maximum Gasteiger partial charge on any atom is 0.144 e. The largest absolute Gasteiger partial charge is 0.313 e. The first-order chi connectivity index (χ1) is 7.81. The molecule has 2 rings (SSSR count). The van der Waals surface area contributed by atoms with Crippen molar-refractivity contribution in [1.29, 1.82) is 5.26 Å². The molecule has 1 aromatic rings. The minimum Gasteiger partial charge on any atom is -0.313 e. The molecule has 0 amide bonds. The molecule has 1 saturated heterocycles. The number of nitriles is 1. The second-order valence-electron chi connectivity index (χ2n) is 3.77. The number of pyridine rings is 1. The molecule has 1 aromatic heterocycles. The average molecular weight is 235 g/mol. The van der Waals surface area contributed by atoms with E-state index in [4.69, 9.17) is 5.26 Å². The summed E-state index contributed by atoms with van der Waals surface area (Å²) in [6.45, 7) is 0.995. The van der Waals surface area contributed by atoms with Crippen molar-refractivity contribution in [3.8, 4) is 6.07 Å². The summed E-state index contributed by atoms with van der Waals surface area (Å²) in [5.41, 5.74) is 0.416. The molecule has 1 aliphatic rings. The first kappa shape index (κ1) is 11.2. The molecule has 1 aliphatic heterocycles. The Kier molecular flexibility index (Phi) is 3.65. The predicted molar refractivity (Wildman–Crippen MR) is 61.3 cm³/mol. The third-order valence-corrected chi connectivity index (χ3v) is 4.08. The van der Waals surface area contributed by atoms with Crippen LogP contribution < -0.4 is 5.32 Å². The average Bonchev–Trinajstić information content (AvgIpc) is 2.81. The van der Waals surface area contributed by atoms with E-state index in [9.17, 15) is 4.21 Å². The van der Waals surface area contributed by atoms with Crippen LogP contribution in [0.2, 0.25) is 0 Å². The Morgan fingerprint density at radius 2 is 2.56 bits per heavy atom. The van der Waals surface area contributed by atoms with E-state index in [-0.39, 0.29) is 0 Å². The van der Waals surface area contributed by atoms with Crippen molar-refractivity contribution in [1.82, 2.24) is 10.3 Å². The van der Waals surface area contributed by atoms with Gasteiger partial charge in [0.2, 0.25) is 0 Å². The molecule has 0 unspecified atom stereocenters. The zero-order chi connectivity index (χ0) is 11.4. The number of nitrogens with one attached hydrogen (secondary N) is 1. The molecule has 0 radical (unpaired) electrons. The summed E-state index contributed by atoms with van der Waals surface area (Å²) in [6, 6.07) is 5.67. The van der Waals surface area contributed by atoms with Gasteiger partial charge in [0.25, 0.3) is 0 Å². The van der Waals surface area contributed by atoms with Crippen LogP contribution in [-0.4, -0.2) is 27.5 Å². The highest BCUT2D eigenvalue weighted by Gasteiger charge is 2.19. The van der Waals surface area contributed by atoms with Crippen molar-refractivity contribution < 1.29 is 4.21 Å². The van der Waals surface area contributed by atoms with Crippen LogP contribution in [0, 0.1) is 11.3 Å². The van der Waals surface area contributed by atoms with E-state index in [0.717, 1.165) is 19.4 Å². The maximum atomic E-state index is 12.0. The fraction of sp³-hybridized carbons (Fsp3) is 0.455. The second-order valence-corrected chi connectivity index (χ2v) is 5.18. The number of nitrogens with zero attached hydrogens (tertiary/aromatic N) is 2. The zero-order valence-corrected chi connectivity index (χ0v) is 9.67. The van der Waals surface area contributed by atoms with Gasteiger partial charge in [-0.1, -0.05) is 0 Å². The Balaban J connectivity index is 2.11. The van der Waals surface area contributed by atoms with Crippen molar-refractivity contribution in [3.05, 3.63) is 23.9 Å². The standard InChI is InChI=1S/C11H13N3OS/c12-7-9-3-1-6-14-11(9)16(15)8-10-4-2-5-13-10/h1,3,6,10,13H,2,4-5,8H2/t10-,16-/m0/s1. The van der Waals surface area contributed by atoms with E-state index in [0.29, 0.717) is 22.4 Å². The minimum absolute atomic E-state index is 0.300. The molecule has 0 aromatic carbocycles. The second kappa shape index (κ2) is 5.19. The van der Waals surface area contributed by atoms with Crippen molar-refractivity contribution in [3.63, 3.8) is 0 Å². The van der Waals surface area contributed by atoms with Crippen LogP contribution in [0.25, 0.3) is 0 Å². The Bertz CT molecular complexity index is 435. The Morgan fingerprint density at radius 1 is 1.69 bits per heavy atom. The van der Waals surface area contributed by atoms with Crippen LogP contribution in [-0.2, 0) is 10.8 Å². The van der Waals surface area contributed by atoms with E-state index in [2.05, 4.69) is 10.3 Å². The summed E-state index contributed by atoms with van der Waals surface area (Å²) in [4.78, 5) is 4.04. The van der Waals surface area contributed by atoms with Gasteiger partial charge in [-0.05, 0) is 31.5 Å². The fourth-order valence-corrected chi connectivity index (χ4v) is 3.16. The van der Waals surface area contributed by atoms with E-state index in [1.165, 1.54) is 0 Å². The van der Waals surface area contributed by atoms with Crippen LogP contribution in [0.4, 0.5) is 0 Å². The number of aromatic nitrogens is 1. The lowest BCUT2D eigenvalue weighted by Gasteiger charge is -2.09. The molecule has 0 spiro atoms. The first-order valence-electron chi connectivity index (χ1n) is 5.28. The van der Waals surface area contributed by atoms with Crippen molar-refractivity contribution in [2.24, 2.45) is 0 Å². The monoisotopic (exact) mass is 235 g/mol. The van der Waals surface area contributed by atoms with Crippen LogP contribution >= 0.6 is 0 Å². The van der Waals surface area contributed by atoms with Gasteiger partial charge in [-0.3, -0.25) is 4.21 Å². The van der Waals surface area contributed by atoms with Crippen LogP contribution in [0.3, 0.4) is 0 Å². The summed E-state index contributed by atoms with van der Waals surface area (Å²) < 4.78 is 12.0. The van der Waals surface area contributed by atoms with E-state index in [1.54, 1.807) is 18.3 Å². The normalized spacial score (nSPS) is 21.6. The highest BCUT2D eigenvalue weighted by atomic mass is 32.2. The molecule has 1 N–H and O–H groups in total. The van der Waals surface area contributed by atoms with Gasteiger partial charge in [0.1, 0.15) is 11.1 Å². The molecule has 2 heterocycles. The Hall–Kier alpha value is -1.25. The van der Waals surface area contributed by atoms with Gasteiger partial charge < -0.3 is 5.32 Å². The molecule has 5 heteroatoms. The van der Waals surface area contributed by atoms with Gasteiger partial charge in [-0.15, -0.1) is 0 Å². The first-order valence-corrected chi connectivity index (χ1v) is 6.60. The predicted octanol–water partition coefficient (Wildman–Crippen LogP) is 0.813. The van der Waals surface area contributed by atoms with E-state index >= 15 is 0 Å². The van der Waals surface area contributed by atoms with E-state index < -0.39 is 10.8 Å². The summed E-state index contributed by atoms with van der Waals surface area (Å²) in [5.74, 6) is 0.547. The molecule has 0 saturated carbocycles. The SMILES string of the molecule is N#Cc1cccnc1[S@@](=O)C[C@@H]1CCCN1. The smallest absolute Gasteiger partial charge is 0.144 e. The maximum absolute atomic E-state index is 12.0. The van der Waals surface area contributed by atoms with Crippen molar-refractivity contribution in [2.45, 2.75) is 23.9 Å². The lowest BCUT2D eigenvalue weighted by Crippen LogP contribution is -2.28. The summed E-state index contributed by atoms with van der Waals surface area (Å²) in [6.07, 6.45) is 3.77. The molecule has 16 heavy (non-hydrogen) atoms. The summed E-state index contributed by atoms with van der Waals surface area (Å²) in [7, 11) is -1.18. The third kappa shape index (κ3) is 2.46. The van der Waals surface area contributed by atoms with Crippen molar-refractivity contribution in [2.75, 3.05) is 12.3 Å². The topological polar surface area (TPSA) is 65.8 Å². The minimum atomic E-state index is -1.18. The fourth-order valence-electron chi connectivity index (χ4n) is 1.82. The van der Waals surface area contributed by atoms with Crippen molar-refractivity contribution >= 4 is 10.8 Å². The highest BCUT2D eigenvalue weighted by Crippen LogP contribution is 2.13. The quantitative estimate of drug-likeness (QED) is 0.842. The lowest BCUT2D eigenvalue weighted by molar-refractivity contribution is 0.641. The van der Waals surface area contributed by atoms with Gasteiger partial charge in [0.05, 0.1) is 16.4 Å². The highest BCUT2D eigenvalue weighted by molar-refractivity contribution is 7.85. The molecule has 1 fully saturated rings. The molecular weight excluding hydrogens is 222 g/mol. The van der Waals surface area contributed by atoms with Gasteiger partial charge in [0, 0.05) is 18.0 Å². The number of rotatable bonds is 3. The molecular formula is C11H13N3OS. The molecule has 84 valence electrons. The van der Waals surface area contributed by atoms with Gasteiger partial charge >= 0.3 is 0 Å². The van der Waals surface area contributed by atoms with Crippen LogP contribution in [0.1, 0.15) is 18.4 Å². The lowest BCUT2D eigenvalue weighted by atomic mass is 10.3. The number of hydrogen-bond donors (Lipinski definition) is 1. The molecule has 2 atom stereocenters. The molecule has 4 nitrogen and oxygen atoms in total. The Labute approximate surface area is 97.2 Å². The Morgan fingerprint density at radius 3 is 3.25 bits per heavy atom. The third-order valence-electron chi connectivity index (χ3n) is 2.62. The van der Waals surface area contributed by atoms with Gasteiger partial charge in [-0.25, -0.2) is 4.98 Å². The van der Waals surface area contributed by atoms with Crippen LogP contribution in [0.15, 0.2) is 23.4 Å². The zero-order valence-electron chi connectivity index (χ0n) is 8.85. The van der Waals surface area contributed by atoms with Gasteiger partial charge in [-0.2, -0.15) is 5.26 Å². The molecule has 0 aliphatic carbocycles. The van der Waals surface area contributed by atoms with Crippen LogP contribution in [0.5, 0.6) is 0 Å². The summed E-state index contributed by atoms with van der Waals surface area (Å²) >= 11 is 0. The molecule has 0 bridgehead atoms. The number of hydrogen-bond acceptors (Lipinski definition) is 4. The van der Waals surface area contributed by atoms with Gasteiger partial charge in [0.15, 0.2) is 0 Å².